The number of halogens is 4. The van der Waals surface area contributed by atoms with Gasteiger partial charge in [0, 0.05) is 23.1 Å². The van der Waals surface area contributed by atoms with Gasteiger partial charge in [-0.25, -0.2) is 8.42 Å². The molecule has 5 nitrogen and oxygen atoms in total. The molecule has 0 spiro atoms. The SMILES string of the molecule is CC(=O)N1c2c(cc(Br)cc2S(=O)(=O)Nc2ccc(C(F)(F)F)cc2)C[C@@H]1C. The van der Waals surface area contributed by atoms with Crippen molar-refractivity contribution in [3.63, 3.8) is 0 Å². The molecule has 0 fully saturated rings. The third-order valence-corrected chi connectivity index (χ3v) is 6.26. The van der Waals surface area contributed by atoms with Gasteiger partial charge < -0.3 is 4.90 Å². The van der Waals surface area contributed by atoms with Gasteiger partial charge in [-0.1, -0.05) is 15.9 Å². The average Bonchev–Trinajstić information content (AvgIpc) is 2.88. The molecule has 1 amide bonds. The first-order valence-corrected chi connectivity index (χ1v) is 10.5. The summed E-state index contributed by atoms with van der Waals surface area (Å²) in [4.78, 5) is 13.4. The smallest absolute Gasteiger partial charge is 0.308 e. The van der Waals surface area contributed by atoms with Gasteiger partial charge in [0.1, 0.15) is 4.90 Å². The highest BCUT2D eigenvalue weighted by atomic mass is 79.9. The molecular formula is C18H16BrF3N2O3S. The molecule has 3 rings (SSSR count). The first kappa shape index (κ1) is 20.7. The predicted octanol–water partition coefficient (Wildman–Crippen LogP) is 4.57. The van der Waals surface area contributed by atoms with E-state index in [0.29, 0.717) is 22.1 Å². The molecule has 10 heteroatoms. The Morgan fingerprint density at radius 1 is 1.21 bits per heavy atom. The van der Waals surface area contributed by atoms with Crippen molar-refractivity contribution in [2.75, 3.05) is 9.62 Å². The number of hydrogen-bond acceptors (Lipinski definition) is 3. The molecule has 1 atom stereocenters. The Morgan fingerprint density at radius 3 is 2.36 bits per heavy atom. The van der Waals surface area contributed by atoms with Gasteiger partial charge in [0.2, 0.25) is 5.91 Å². The topological polar surface area (TPSA) is 66.5 Å². The molecule has 28 heavy (non-hydrogen) atoms. The number of benzene rings is 2. The van der Waals surface area contributed by atoms with E-state index in [2.05, 4.69) is 20.7 Å². The molecule has 2 aromatic carbocycles. The van der Waals surface area contributed by atoms with Crippen LogP contribution < -0.4 is 9.62 Å². The van der Waals surface area contributed by atoms with Crippen LogP contribution in [0.5, 0.6) is 0 Å². The normalized spacial score (nSPS) is 16.8. The fourth-order valence-corrected chi connectivity index (χ4v) is 5.28. The quantitative estimate of drug-likeness (QED) is 0.705. The molecular weight excluding hydrogens is 461 g/mol. The van der Waals surface area contributed by atoms with E-state index in [4.69, 9.17) is 0 Å². The second-order valence-electron chi connectivity index (χ2n) is 6.53. The van der Waals surface area contributed by atoms with E-state index in [-0.39, 0.29) is 22.5 Å². The van der Waals surface area contributed by atoms with E-state index >= 15 is 0 Å². The highest BCUT2D eigenvalue weighted by Gasteiger charge is 2.36. The lowest BCUT2D eigenvalue weighted by molar-refractivity contribution is -0.137. The zero-order valence-electron chi connectivity index (χ0n) is 14.8. The van der Waals surface area contributed by atoms with Crippen LogP contribution in [0, 0.1) is 0 Å². The average molecular weight is 477 g/mol. The number of carbonyl (C=O) groups excluding carboxylic acids is 1. The zero-order valence-corrected chi connectivity index (χ0v) is 17.2. The van der Waals surface area contributed by atoms with E-state index < -0.39 is 21.8 Å². The maximum Gasteiger partial charge on any atom is 0.416 e. The second kappa shape index (κ2) is 7.07. The van der Waals surface area contributed by atoms with Crippen molar-refractivity contribution in [1.29, 1.82) is 0 Å². The standard InChI is InChI=1S/C18H16BrF3N2O3S/c1-10-7-12-8-14(19)9-16(17(12)24(10)11(2)25)28(26,27)23-15-5-3-13(4-6-15)18(20,21)22/h3-6,8-10,23H,7H2,1-2H3/t10-/m0/s1. The summed E-state index contributed by atoms with van der Waals surface area (Å²) in [5.74, 6) is -0.292. The van der Waals surface area contributed by atoms with E-state index in [1.807, 2.05) is 6.92 Å². The number of rotatable bonds is 3. The summed E-state index contributed by atoms with van der Waals surface area (Å²) in [5, 5.41) is 0. The Morgan fingerprint density at radius 2 is 1.82 bits per heavy atom. The van der Waals surface area contributed by atoms with Crippen molar-refractivity contribution in [3.05, 3.63) is 52.0 Å². The number of nitrogens with zero attached hydrogens (tertiary/aromatic N) is 1. The molecule has 2 aromatic rings. The maximum atomic E-state index is 13.0. The minimum atomic E-state index is -4.51. The monoisotopic (exact) mass is 476 g/mol. The van der Waals surface area contributed by atoms with E-state index in [1.165, 1.54) is 17.9 Å². The summed E-state index contributed by atoms with van der Waals surface area (Å²) < 4.78 is 66.8. The Balaban J connectivity index is 2.03. The summed E-state index contributed by atoms with van der Waals surface area (Å²) in [5.41, 5.74) is 0.102. The summed E-state index contributed by atoms with van der Waals surface area (Å²) in [6.07, 6.45) is -4.02. The van der Waals surface area contributed by atoms with Crippen LogP contribution in [-0.2, 0) is 27.4 Å². The Hall–Kier alpha value is -2.07. The number of sulfonamides is 1. The minimum Gasteiger partial charge on any atom is -0.308 e. The van der Waals surface area contributed by atoms with Crippen molar-refractivity contribution in [1.82, 2.24) is 0 Å². The molecule has 150 valence electrons. The van der Waals surface area contributed by atoms with E-state index in [0.717, 1.165) is 24.3 Å². The van der Waals surface area contributed by atoms with Crippen LogP contribution in [0.25, 0.3) is 0 Å². The third-order valence-electron chi connectivity index (χ3n) is 4.41. The van der Waals surface area contributed by atoms with Gasteiger partial charge in [-0.05, 0) is 55.3 Å². The fourth-order valence-electron chi connectivity index (χ4n) is 3.30. The van der Waals surface area contributed by atoms with Gasteiger partial charge in [0.15, 0.2) is 0 Å². The van der Waals surface area contributed by atoms with Gasteiger partial charge in [-0.3, -0.25) is 9.52 Å². The highest BCUT2D eigenvalue weighted by molar-refractivity contribution is 9.10. The lowest BCUT2D eigenvalue weighted by Gasteiger charge is -2.23. The number of fused-ring (bicyclic) bond motifs is 1. The lowest BCUT2D eigenvalue weighted by Crippen LogP contribution is -2.34. The van der Waals surface area contributed by atoms with Crippen molar-refractivity contribution in [2.24, 2.45) is 0 Å². The van der Waals surface area contributed by atoms with E-state index in [1.54, 1.807) is 6.07 Å². The number of anilines is 2. The molecule has 1 heterocycles. The van der Waals surface area contributed by atoms with Gasteiger partial charge in [-0.15, -0.1) is 0 Å². The molecule has 0 bridgehead atoms. The zero-order chi connectivity index (χ0) is 20.9. The van der Waals surface area contributed by atoms with Gasteiger partial charge in [0.25, 0.3) is 10.0 Å². The van der Waals surface area contributed by atoms with Crippen LogP contribution >= 0.6 is 15.9 Å². The number of amides is 1. The van der Waals surface area contributed by atoms with Crippen molar-refractivity contribution in [2.45, 2.75) is 37.4 Å². The fraction of sp³-hybridized carbons (Fsp3) is 0.278. The minimum absolute atomic E-state index is 0.0119. The molecule has 0 aliphatic carbocycles. The number of nitrogens with one attached hydrogen (secondary N) is 1. The van der Waals surface area contributed by atoms with Crippen LogP contribution in [-0.4, -0.2) is 20.4 Å². The van der Waals surface area contributed by atoms with Gasteiger partial charge >= 0.3 is 6.18 Å². The summed E-state index contributed by atoms with van der Waals surface area (Å²) in [6.45, 7) is 3.17. The highest BCUT2D eigenvalue weighted by Crippen LogP contribution is 2.40. The summed E-state index contributed by atoms with van der Waals surface area (Å²) in [7, 11) is -4.15. The molecule has 0 saturated heterocycles. The Kier molecular flexibility index (Phi) is 5.22. The Labute approximate surface area is 168 Å². The largest absolute Gasteiger partial charge is 0.416 e. The Bertz CT molecular complexity index is 1040. The molecule has 0 saturated carbocycles. The lowest BCUT2D eigenvalue weighted by atomic mass is 10.1. The van der Waals surface area contributed by atoms with Crippen LogP contribution in [0.4, 0.5) is 24.5 Å². The first-order valence-electron chi connectivity index (χ1n) is 8.22. The third kappa shape index (κ3) is 3.88. The van der Waals surface area contributed by atoms with Crippen LogP contribution in [0.3, 0.4) is 0 Å². The summed E-state index contributed by atoms with van der Waals surface area (Å²) >= 11 is 3.28. The van der Waals surface area contributed by atoms with Crippen molar-refractivity contribution < 1.29 is 26.4 Å². The number of alkyl halides is 3. The molecule has 1 aliphatic rings. The van der Waals surface area contributed by atoms with Crippen LogP contribution in [0.1, 0.15) is 25.0 Å². The van der Waals surface area contributed by atoms with Crippen LogP contribution in [0.15, 0.2) is 45.8 Å². The molecule has 0 radical (unpaired) electrons. The van der Waals surface area contributed by atoms with Gasteiger partial charge in [-0.2, -0.15) is 13.2 Å². The van der Waals surface area contributed by atoms with Crippen LogP contribution in [0.2, 0.25) is 0 Å². The molecule has 0 aromatic heterocycles. The second-order valence-corrected chi connectivity index (χ2v) is 9.10. The molecule has 1 aliphatic heterocycles. The maximum absolute atomic E-state index is 13.0. The number of carbonyl (C=O) groups is 1. The predicted molar refractivity (Wildman–Crippen MR) is 103 cm³/mol. The number of hydrogen-bond donors (Lipinski definition) is 1. The molecule has 1 N–H and O–H groups in total. The van der Waals surface area contributed by atoms with Crippen molar-refractivity contribution in [3.8, 4) is 0 Å². The van der Waals surface area contributed by atoms with Crippen molar-refractivity contribution >= 4 is 43.2 Å². The van der Waals surface area contributed by atoms with Gasteiger partial charge in [0.05, 0.1) is 11.3 Å². The molecule has 0 unspecified atom stereocenters. The van der Waals surface area contributed by atoms with E-state index in [9.17, 15) is 26.4 Å². The summed E-state index contributed by atoms with van der Waals surface area (Å²) in [6, 6.07) is 6.61. The first-order chi connectivity index (χ1) is 12.9.